The number of hydrogen-bond acceptors (Lipinski definition) is 9. The van der Waals surface area contributed by atoms with Crippen LogP contribution in [0.2, 0.25) is 0 Å². The molecular weight excluding hydrogens is 522 g/mol. The second kappa shape index (κ2) is 14.1. The van der Waals surface area contributed by atoms with E-state index < -0.39 is 11.9 Å². The van der Waals surface area contributed by atoms with Crippen molar-refractivity contribution in [2.24, 2.45) is 0 Å². The second-order valence-electron chi connectivity index (χ2n) is 9.38. The topological polar surface area (TPSA) is 135 Å². The minimum atomic E-state index is -1.55. The monoisotopic (exact) mass is 555 g/mol. The van der Waals surface area contributed by atoms with E-state index in [2.05, 4.69) is 40.2 Å². The lowest BCUT2D eigenvalue weighted by molar-refractivity contribution is -0.981. The van der Waals surface area contributed by atoms with Crippen LogP contribution in [0.25, 0.3) is 0 Å². The average Bonchev–Trinajstić information content (AvgIpc) is 2.96. The first-order valence-electron chi connectivity index (χ1n) is 13.1. The number of hydrogen-bond donors (Lipinski definition) is 2. The minimum absolute atomic E-state index is 0.271. The summed E-state index contributed by atoms with van der Waals surface area (Å²) in [5.41, 5.74) is 1.26. The maximum absolute atomic E-state index is 12.7. The van der Waals surface area contributed by atoms with E-state index >= 15 is 0 Å². The molecular formula is C27H33N5O6S. The molecule has 3 aliphatic rings. The first-order valence-corrected chi connectivity index (χ1v) is 13.9. The minimum Gasteiger partial charge on any atom is -0.545 e. The van der Waals surface area contributed by atoms with Crippen LogP contribution in [-0.2, 0) is 14.3 Å². The summed E-state index contributed by atoms with van der Waals surface area (Å²) in [5, 5.41) is 18.8. The first kappa shape index (κ1) is 28.6. The second-order valence-corrected chi connectivity index (χ2v) is 10.5. The molecule has 2 fully saturated rings. The number of aromatic nitrogens is 1. The Morgan fingerprint density at radius 2 is 1.62 bits per heavy atom. The third-order valence-electron chi connectivity index (χ3n) is 6.81. The molecule has 12 heteroatoms. The van der Waals surface area contributed by atoms with Crippen molar-refractivity contribution in [1.82, 2.24) is 9.88 Å². The van der Waals surface area contributed by atoms with E-state index in [0.29, 0.717) is 25.4 Å². The van der Waals surface area contributed by atoms with Gasteiger partial charge in [0, 0.05) is 37.1 Å². The highest BCUT2D eigenvalue weighted by Crippen LogP contribution is 2.46. The number of rotatable bonds is 6. The number of morpholine rings is 1. The Morgan fingerprint density at radius 1 is 0.949 bits per heavy atom. The standard InChI is InChI=1S/C23H29N5O2S.C4H4O4/c29-23(27-15-17-30-18-16-27)26-13-11-25(12-14-26)9-4-10-28-19-5-1-2-6-20(19)31-21-7-3-8-24-22(21)28;5-3(6)1-2-4(7)8/h1-3,5-8H,4,9-18H2;1-2H,(H,5,6)(H,7,8)/b;2-1+. The number of quaternary nitrogens is 2. The molecule has 2 amide bonds. The molecule has 0 aliphatic carbocycles. The lowest BCUT2D eigenvalue weighted by Gasteiger charge is -2.34. The summed E-state index contributed by atoms with van der Waals surface area (Å²) in [6.07, 6.45) is 3.76. The van der Waals surface area contributed by atoms with Gasteiger partial charge in [0.1, 0.15) is 32.0 Å². The average molecular weight is 556 g/mol. The molecule has 3 aliphatic heterocycles. The largest absolute Gasteiger partial charge is 0.545 e. The van der Waals surface area contributed by atoms with Gasteiger partial charge in [-0.1, -0.05) is 23.9 Å². The number of carboxylic acid groups (broad SMARTS) is 2. The molecule has 2 saturated heterocycles. The number of urea groups is 1. The zero-order chi connectivity index (χ0) is 27.6. The molecule has 1 aromatic heterocycles. The molecule has 1 aromatic carbocycles. The van der Waals surface area contributed by atoms with Gasteiger partial charge in [0.25, 0.3) is 0 Å². The summed E-state index contributed by atoms with van der Waals surface area (Å²) >= 11 is 1.81. The third kappa shape index (κ3) is 8.02. The highest BCUT2D eigenvalue weighted by molar-refractivity contribution is 7.99. The summed E-state index contributed by atoms with van der Waals surface area (Å²) in [7, 11) is 0. The van der Waals surface area contributed by atoms with Gasteiger partial charge in [0.15, 0.2) is 0 Å². The number of aliphatic carboxylic acids is 2. The van der Waals surface area contributed by atoms with Gasteiger partial charge in [-0.15, -0.1) is 0 Å². The molecule has 0 bridgehead atoms. The molecule has 0 atom stereocenters. The molecule has 5 rings (SSSR count). The number of carbonyl (C=O) groups is 3. The number of fused-ring (bicyclic) bond motifs is 2. The van der Waals surface area contributed by atoms with Crippen molar-refractivity contribution in [3.05, 3.63) is 54.7 Å². The van der Waals surface area contributed by atoms with Gasteiger partial charge in [-0.3, -0.25) is 4.90 Å². The number of carbonyl (C=O) groups excluding carboxylic acids is 3. The number of benzene rings is 1. The summed E-state index contributed by atoms with van der Waals surface area (Å²) in [6, 6.07) is 13.1. The first-order chi connectivity index (χ1) is 18.9. The number of nitrogens with one attached hydrogen (secondary N) is 2. The summed E-state index contributed by atoms with van der Waals surface area (Å²) in [4.78, 5) is 45.8. The summed E-state index contributed by atoms with van der Waals surface area (Å²) in [6.45, 7) is 8.91. The Morgan fingerprint density at radius 3 is 2.31 bits per heavy atom. The van der Waals surface area contributed by atoms with Crippen molar-refractivity contribution in [2.45, 2.75) is 16.2 Å². The van der Waals surface area contributed by atoms with Gasteiger partial charge in [0.2, 0.25) is 0 Å². The van der Waals surface area contributed by atoms with Crippen LogP contribution in [0.15, 0.2) is 64.5 Å². The Bertz CT molecular complexity index is 1120. The van der Waals surface area contributed by atoms with Crippen molar-refractivity contribution < 1.29 is 39.1 Å². The maximum atomic E-state index is 12.7. The van der Waals surface area contributed by atoms with Crippen molar-refractivity contribution >= 4 is 41.2 Å². The lowest BCUT2D eigenvalue weighted by atomic mass is 10.2. The normalized spacial score (nSPS) is 20.4. The number of pyridine rings is 1. The van der Waals surface area contributed by atoms with Crippen LogP contribution in [0, 0.1) is 0 Å². The van der Waals surface area contributed by atoms with Gasteiger partial charge in [0.05, 0.1) is 42.3 Å². The lowest BCUT2D eigenvalue weighted by Crippen LogP contribution is -3.29. The van der Waals surface area contributed by atoms with Crippen LogP contribution < -0.4 is 24.9 Å². The Balaban J connectivity index is 0.000000386. The number of ether oxygens (including phenoxy) is 1. The van der Waals surface area contributed by atoms with E-state index in [1.54, 1.807) is 16.7 Å². The highest BCUT2D eigenvalue weighted by Gasteiger charge is 2.33. The van der Waals surface area contributed by atoms with E-state index in [0.717, 1.165) is 69.5 Å². The number of carboxylic acids is 2. The number of piperazine rings is 1. The molecule has 0 spiro atoms. The SMILES string of the molecule is O=C(N1CCOCC1)[NH+]1CC[NH+](CCCN2c3ccccc3Sc3cccnc32)CC1.O=C([O-])/C=C/C(=O)[O-]. The van der Waals surface area contributed by atoms with E-state index in [9.17, 15) is 24.6 Å². The van der Waals surface area contributed by atoms with Crippen molar-refractivity contribution in [2.75, 3.05) is 70.5 Å². The van der Waals surface area contributed by atoms with E-state index in [1.165, 1.54) is 15.5 Å². The van der Waals surface area contributed by atoms with Crippen LogP contribution in [0.4, 0.5) is 16.3 Å². The zero-order valence-electron chi connectivity index (χ0n) is 21.7. The van der Waals surface area contributed by atoms with E-state index in [-0.39, 0.29) is 6.03 Å². The molecule has 2 aromatic rings. The van der Waals surface area contributed by atoms with Gasteiger partial charge < -0.3 is 34.3 Å². The van der Waals surface area contributed by atoms with Crippen LogP contribution in [0.1, 0.15) is 6.42 Å². The smallest absolute Gasteiger partial charge is 0.418 e. The van der Waals surface area contributed by atoms with E-state index in [4.69, 9.17) is 4.74 Å². The molecule has 11 nitrogen and oxygen atoms in total. The fourth-order valence-electron chi connectivity index (χ4n) is 4.87. The number of anilines is 2. The van der Waals surface area contributed by atoms with Crippen molar-refractivity contribution in [3.8, 4) is 0 Å². The van der Waals surface area contributed by atoms with Gasteiger partial charge >= 0.3 is 6.03 Å². The molecule has 0 radical (unpaired) electrons. The zero-order valence-corrected chi connectivity index (χ0v) is 22.5. The van der Waals surface area contributed by atoms with Crippen LogP contribution in [0.3, 0.4) is 0 Å². The van der Waals surface area contributed by atoms with Gasteiger partial charge in [-0.25, -0.2) is 14.7 Å². The Hall–Kier alpha value is -3.45. The maximum Gasteiger partial charge on any atom is 0.418 e. The van der Waals surface area contributed by atoms with Crippen LogP contribution in [-0.4, -0.2) is 93.4 Å². The molecule has 208 valence electrons. The Labute approximate surface area is 231 Å². The van der Waals surface area contributed by atoms with E-state index in [1.807, 2.05) is 17.2 Å². The molecule has 4 heterocycles. The molecule has 39 heavy (non-hydrogen) atoms. The Kier molecular flexibility index (Phi) is 10.3. The molecule has 2 N–H and O–H groups in total. The van der Waals surface area contributed by atoms with Crippen LogP contribution >= 0.6 is 11.8 Å². The summed E-state index contributed by atoms with van der Waals surface area (Å²) in [5.74, 6) is -2.02. The number of para-hydroxylation sites is 1. The number of nitrogens with zero attached hydrogens (tertiary/aromatic N) is 3. The van der Waals surface area contributed by atoms with Crippen molar-refractivity contribution in [3.63, 3.8) is 0 Å². The van der Waals surface area contributed by atoms with Gasteiger partial charge in [-0.2, -0.15) is 0 Å². The predicted molar refractivity (Wildman–Crippen MR) is 140 cm³/mol. The van der Waals surface area contributed by atoms with Gasteiger partial charge in [-0.05, 0) is 36.4 Å². The third-order valence-corrected chi connectivity index (χ3v) is 7.92. The summed E-state index contributed by atoms with van der Waals surface area (Å²) < 4.78 is 5.38. The van der Waals surface area contributed by atoms with Crippen LogP contribution in [0.5, 0.6) is 0 Å². The quantitative estimate of drug-likeness (QED) is 0.367. The highest BCUT2D eigenvalue weighted by atomic mass is 32.2. The fraction of sp³-hybridized carbons (Fsp3) is 0.407. The van der Waals surface area contributed by atoms with Crippen molar-refractivity contribution in [1.29, 1.82) is 0 Å². The molecule has 0 unspecified atom stereocenters. The number of amides is 2. The predicted octanol–water partition coefficient (Wildman–Crippen LogP) is -2.65. The molecule has 0 saturated carbocycles. The fourth-order valence-corrected chi connectivity index (χ4v) is 5.94.